The number of ketones is 1. The summed E-state index contributed by atoms with van der Waals surface area (Å²) in [7, 11) is 0. The molecule has 6 heteroatoms. The Hall–Kier alpha value is -2.49. The zero-order valence-electron chi connectivity index (χ0n) is 15.6. The molecule has 2 N–H and O–H groups in total. The Morgan fingerprint density at radius 2 is 2.07 bits per heavy atom. The summed E-state index contributed by atoms with van der Waals surface area (Å²) in [6, 6.07) is 14.2. The summed E-state index contributed by atoms with van der Waals surface area (Å²) in [4.78, 5) is 15.0. The lowest BCUT2D eigenvalue weighted by Crippen LogP contribution is -2.38. The summed E-state index contributed by atoms with van der Waals surface area (Å²) >= 11 is 3.41. The molecule has 0 fully saturated rings. The van der Waals surface area contributed by atoms with Crippen LogP contribution in [0.4, 0.5) is 5.69 Å². The molecule has 28 heavy (non-hydrogen) atoms. The second-order valence-electron chi connectivity index (χ2n) is 6.75. The van der Waals surface area contributed by atoms with E-state index in [-0.39, 0.29) is 11.7 Å². The van der Waals surface area contributed by atoms with E-state index in [0.29, 0.717) is 17.8 Å². The number of Topliss-reactive ketones (excluding diaryl/α,β-unsaturated/α-hetero) is 1. The molecular weight excluding hydrogens is 386 g/mol. The summed E-state index contributed by atoms with van der Waals surface area (Å²) < 4.78 is 1.16. The molecule has 2 heterocycles. The van der Waals surface area contributed by atoms with E-state index in [1.807, 2.05) is 46.7 Å². The molecule has 4 nitrogen and oxygen atoms in total. The van der Waals surface area contributed by atoms with Crippen molar-refractivity contribution in [3.8, 4) is 6.07 Å². The molecule has 0 amide bonds. The van der Waals surface area contributed by atoms with E-state index in [1.165, 1.54) is 0 Å². The van der Waals surface area contributed by atoms with Gasteiger partial charge < -0.3 is 5.73 Å². The van der Waals surface area contributed by atoms with Gasteiger partial charge in [-0.3, -0.25) is 9.69 Å². The number of anilines is 1. The molecule has 1 aromatic carbocycles. The minimum Gasteiger partial charge on any atom is -0.384 e. The lowest BCUT2D eigenvalue weighted by molar-refractivity contribution is -0.116. The molecule has 0 saturated carbocycles. The van der Waals surface area contributed by atoms with Crippen LogP contribution in [0.1, 0.15) is 37.7 Å². The van der Waals surface area contributed by atoms with Crippen molar-refractivity contribution in [2.75, 3.05) is 10.7 Å². The highest BCUT2D eigenvalue weighted by atomic mass is 32.2. The topological polar surface area (TPSA) is 70.1 Å². The highest BCUT2D eigenvalue weighted by molar-refractivity contribution is 8.01. The van der Waals surface area contributed by atoms with E-state index in [9.17, 15) is 10.1 Å². The third kappa shape index (κ3) is 3.05. The van der Waals surface area contributed by atoms with Gasteiger partial charge in [0.15, 0.2) is 5.78 Å². The maximum Gasteiger partial charge on any atom is 0.161 e. The molecule has 0 spiro atoms. The zero-order chi connectivity index (χ0) is 19.7. The fourth-order valence-electron chi connectivity index (χ4n) is 4.04. The van der Waals surface area contributed by atoms with Gasteiger partial charge in [-0.15, -0.1) is 23.1 Å². The quantitative estimate of drug-likeness (QED) is 0.709. The first-order chi connectivity index (χ1) is 13.7. The summed E-state index contributed by atoms with van der Waals surface area (Å²) in [5.74, 6) is 1.14. The number of thiophene rings is 1. The Bertz CT molecular complexity index is 1010. The number of hydrogen-bond acceptors (Lipinski definition) is 6. The van der Waals surface area contributed by atoms with Gasteiger partial charge in [-0.2, -0.15) is 5.26 Å². The van der Waals surface area contributed by atoms with Crippen molar-refractivity contribution in [1.29, 1.82) is 5.26 Å². The largest absolute Gasteiger partial charge is 0.384 e. The number of nitrogens with zero attached hydrogens (tertiary/aromatic N) is 2. The normalized spacial score (nSPS) is 19.6. The summed E-state index contributed by atoms with van der Waals surface area (Å²) in [6.45, 7) is 2.11. The maximum atomic E-state index is 13.1. The van der Waals surface area contributed by atoms with E-state index in [2.05, 4.69) is 13.0 Å². The van der Waals surface area contributed by atoms with Gasteiger partial charge in [-0.25, -0.2) is 0 Å². The Labute approximate surface area is 173 Å². The van der Waals surface area contributed by atoms with Crippen LogP contribution in [0.15, 0.2) is 68.7 Å². The van der Waals surface area contributed by atoms with Crippen LogP contribution < -0.4 is 10.6 Å². The Kier molecular flexibility index (Phi) is 5.29. The average molecular weight is 408 g/mol. The number of nitrogens with two attached hydrogens (primary N) is 1. The van der Waals surface area contributed by atoms with Crippen LogP contribution in [-0.2, 0) is 4.79 Å². The Morgan fingerprint density at radius 3 is 2.79 bits per heavy atom. The second-order valence-corrected chi connectivity index (χ2v) is 9.20. The predicted molar refractivity (Wildman–Crippen MR) is 115 cm³/mol. The van der Waals surface area contributed by atoms with Crippen molar-refractivity contribution in [2.24, 2.45) is 5.73 Å². The molecule has 1 aromatic heterocycles. The predicted octanol–water partition coefficient (Wildman–Crippen LogP) is 5.16. The molecule has 1 atom stereocenters. The molecule has 2 aromatic rings. The SMILES string of the molecule is CCSc1sccc1[C@@H]1C(C#N)=C(N)N(c2ccccc2)C2=C1C(=O)CCC2. The summed E-state index contributed by atoms with van der Waals surface area (Å²) in [5, 5.41) is 12.1. The molecule has 0 bridgehead atoms. The molecule has 1 aliphatic heterocycles. The third-order valence-electron chi connectivity index (χ3n) is 5.17. The first-order valence-corrected chi connectivity index (χ1v) is 11.2. The van der Waals surface area contributed by atoms with Crippen molar-refractivity contribution in [2.45, 2.75) is 36.3 Å². The molecule has 0 radical (unpaired) electrons. The third-order valence-corrected chi connectivity index (χ3v) is 7.32. The number of carbonyl (C=O) groups is 1. The van der Waals surface area contributed by atoms with Crippen molar-refractivity contribution in [1.82, 2.24) is 0 Å². The fraction of sp³-hybridized carbons (Fsp3) is 0.273. The zero-order valence-corrected chi connectivity index (χ0v) is 17.3. The monoisotopic (exact) mass is 407 g/mol. The van der Waals surface area contributed by atoms with Gasteiger partial charge >= 0.3 is 0 Å². The van der Waals surface area contributed by atoms with E-state index in [1.54, 1.807) is 23.1 Å². The van der Waals surface area contributed by atoms with Crippen LogP contribution in [0.2, 0.25) is 0 Å². The van der Waals surface area contributed by atoms with Gasteiger partial charge in [0.25, 0.3) is 0 Å². The van der Waals surface area contributed by atoms with E-state index >= 15 is 0 Å². The number of allylic oxidation sites excluding steroid dienone is 3. The first-order valence-electron chi connectivity index (χ1n) is 9.38. The highest BCUT2D eigenvalue weighted by Gasteiger charge is 2.41. The number of rotatable bonds is 4. The van der Waals surface area contributed by atoms with Gasteiger partial charge in [-0.05, 0) is 47.7 Å². The molecule has 4 rings (SSSR count). The minimum absolute atomic E-state index is 0.131. The molecule has 0 unspecified atom stereocenters. The summed E-state index contributed by atoms with van der Waals surface area (Å²) in [5.41, 5.74) is 10.7. The fourth-order valence-corrected chi connectivity index (χ4v) is 6.10. The minimum atomic E-state index is -0.368. The number of benzene rings is 1. The van der Waals surface area contributed by atoms with Crippen LogP contribution >= 0.6 is 23.1 Å². The van der Waals surface area contributed by atoms with Gasteiger partial charge in [0, 0.05) is 23.4 Å². The van der Waals surface area contributed by atoms with Gasteiger partial charge in [0.2, 0.25) is 0 Å². The lowest BCUT2D eigenvalue weighted by Gasteiger charge is -2.39. The standard InChI is InChI=1S/C22H21N3OS2/c1-2-27-22-15(11-12-28-22)19-16(13-23)21(24)25(14-7-4-3-5-8-14)17-9-6-10-18(26)20(17)19/h3-5,7-8,11-12,19H,2,6,9-10,24H2,1H3/t19-/m1/s1. The van der Waals surface area contributed by atoms with Crippen molar-refractivity contribution in [3.05, 3.63) is 70.0 Å². The lowest BCUT2D eigenvalue weighted by atomic mass is 9.76. The molecule has 1 aliphatic carbocycles. The number of nitriles is 1. The van der Waals surface area contributed by atoms with E-state index in [4.69, 9.17) is 5.73 Å². The summed E-state index contributed by atoms with van der Waals surface area (Å²) in [6.07, 6.45) is 2.12. The first kappa shape index (κ1) is 18.9. The number of hydrogen-bond donors (Lipinski definition) is 1. The average Bonchev–Trinajstić information content (AvgIpc) is 3.16. The Balaban J connectivity index is 1.96. The van der Waals surface area contributed by atoms with Crippen LogP contribution in [0.3, 0.4) is 0 Å². The van der Waals surface area contributed by atoms with Crippen molar-refractivity contribution in [3.63, 3.8) is 0 Å². The van der Waals surface area contributed by atoms with Crippen molar-refractivity contribution < 1.29 is 4.79 Å². The van der Waals surface area contributed by atoms with Crippen LogP contribution in [0.25, 0.3) is 0 Å². The van der Waals surface area contributed by atoms with Crippen LogP contribution in [0, 0.1) is 11.3 Å². The maximum absolute atomic E-state index is 13.1. The molecule has 2 aliphatic rings. The highest BCUT2D eigenvalue weighted by Crippen LogP contribution is 2.49. The van der Waals surface area contributed by atoms with Gasteiger partial charge in [-0.1, -0.05) is 25.1 Å². The van der Waals surface area contributed by atoms with Crippen molar-refractivity contribution >= 4 is 34.6 Å². The molecule has 0 saturated heterocycles. The molecular formula is C22H21N3OS2. The van der Waals surface area contributed by atoms with Crippen LogP contribution in [0.5, 0.6) is 0 Å². The van der Waals surface area contributed by atoms with Gasteiger partial charge in [0.05, 0.1) is 21.8 Å². The van der Waals surface area contributed by atoms with E-state index in [0.717, 1.165) is 45.3 Å². The van der Waals surface area contributed by atoms with E-state index < -0.39 is 0 Å². The van der Waals surface area contributed by atoms with Crippen LogP contribution in [-0.4, -0.2) is 11.5 Å². The number of para-hydroxylation sites is 1. The number of thioether (sulfide) groups is 1. The smallest absolute Gasteiger partial charge is 0.161 e. The second kappa shape index (κ2) is 7.86. The number of carbonyl (C=O) groups excluding carboxylic acids is 1. The van der Waals surface area contributed by atoms with Gasteiger partial charge in [0.1, 0.15) is 5.82 Å². The molecule has 142 valence electrons. The Morgan fingerprint density at radius 1 is 1.29 bits per heavy atom.